The molecule has 0 aliphatic carbocycles. The Labute approximate surface area is 159 Å². The summed E-state index contributed by atoms with van der Waals surface area (Å²) in [6.45, 7) is 4.34. The number of amides is 1. The van der Waals surface area contributed by atoms with Crippen molar-refractivity contribution in [1.82, 2.24) is 4.72 Å². The van der Waals surface area contributed by atoms with Gasteiger partial charge in [-0.1, -0.05) is 18.2 Å². The third kappa shape index (κ3) is 5.92. The number of ether oxygens (including phenoxy) is 2. The second-order valence-electron chi connectivity index (χ2n) is 5.46. The highest BCUT2D eigenvalue weighted by Crippen LogP contribution is 2.20. The average Bonchev–Trinajstić information content (AvgIpc) is 2.67. The number of carbonyl (C=O) groups excluding carboxylic acids is 1. The molecule has 0 heterocycles. The summed E-state index contributed by atoms with van der Waals surface area (Å²) in [6.07, 6.45) is 1.46. The van der Waals surface area contributed by atoms with Crippen LogP contribution in [0.15, 0.2) is 66.1 Å². The molecule has 2 N–H and O–H groups in total. The zero-order chi connectivity index (χ0) is 19.7. The molecular weight excluding hydrogens is 368 g/mol. The molecule has 0 atom stereocenters. The van der Waals surface area contributed by atoms with Crippen molar-refractivity contribution in [3.63, 3.8) is 0 Å². The normalized spacial score (nSPS) is 11.0. The predicted molar refractivity (Wildman–Crippen MR) is 104 cm³/mol. The van der Waals surface area contributed by atoms with Crippen molar-refractivity contribution >= 4 is 21.6 Å². The van der Waals surface area contributed by atoms with Gasteiger partial charge in [0.15, 0.2) is 0 Å². The fourth-order valence-corrected chi connectivity index (χ4v) is 3.18. The Hall–Kier alpha value is -2.68. The van der Waals surface area contributed by atoms with Crippen LogP contribution < -0.4 is 14.8 Å². The summed E-state index contributed by atoms with van der Waals surface area (Å²) >= 11 is 0. The van der Waals surface area contributed by atoms with Crippen LogP contribution in [0, 0.1) is 0 Å². The van der Waals surface area contributed by atoms with Crippen molar-refractivity contribution in [2.45, 2.75) is 4.90 Å². The molecule has 0 bridgehead atoms. The number of methoxy groups -OCH3 is 1. The van der Waals surface area contributed by atoms with E-state index in [1.54, 1.807) is 31.4 Å². The molecule has 0 aromatic heterocycles. The van der Waals surface area contributed by atoms with Gasteiger partial charge in [-0.2, -0.15) is 0 Å². The van der Waals surface area contributed by atoms with Crippen LogP contribution in [0.2, 0.25) is 0 Å². The van der Waals surface area contributed by atoms with Gasteiger partial charge < -0.3 is 14.8 Å². The Morgan fingerprint density at radius 3 is 2.48 bits per heavy atom. The third-order valence-corrected chi connectivity index (χ3v) is 4.96. The fourth-order valence-electron chi connectivity index (χ4n) is 2.18. The van der Waals surface area contributed by atoms with E-state index in [0.717, 1.165) is 0 Å². The van der Waals surface area contributed by atoms with Gasteiger partial charge in [-0.3, -0.25) is 4.79 Å². The van der Waals surface area contributed by atoms with Gasteiger partial charge in [-0.15, -0.1) is 6.58 Å². The molecule has 0 saturated carbocycles. The quantitative estimate of drug-likeness (QED) is 0.480. The molecule has 144 valence electrons. The Morgan fingerprint density at radius 1 is 1.11 bits per heavy atom. The predicted octanol–water partition coefficient (Wildman–Crippen LogP) is 2.43. The van der Waals surface area contributed by atoms with Gasteiger partial charge in [0.25, 0.3) is 5.91 Å². The third-order valence-electron chi connectivity index (χ3n) is 3.52. The van der Waals surface area contributed by atoms with Crippen LogP contribution >= 0.6 is 0 Å². The molecule has 0 unspecified atom stereocenters. The lowest BCUT2D eigenvalue weighted by atomic mass is 10.2. The lowest BCUT2D eigenvalue weighted by Gasteiger charge is -2.12. The van der Waals surface area contributed by atoms with Gasteiger partial charge in [0.1, 0.15) is 12.4 Å². The van der Waals surface area contributed by atoms with Gasteiger partial charge in [0.2, 0.25) is 10.0 Å². The summed E-state index contributed by atoms with van der Waals surface area (Å²) < 4.78 is 37.0. The Kier molecular flexibility index (Phi) is 7.54. The molecule has 2 aromatic carbocycles. The molecule has 7 nitrogen and oxygen atoms in total. The molecule has 0 aliphatic heterocycles. The summed E-state index contributed by atoms with van der Waals surface area (Å²) in [6, 6.07) is 12.7. The summed E-state index contributed by atoms with van der Waals surface area (Å²) in [5.74, 6) is 0.0864. The molecule has 1 amide bonds. The van der Waals surface area contributed by atoms with Crippen LogP contribution in [0.25, 0.3) is 0 Å². The van der Waals surface area contributed by atoms with E-state index in [1.807, 2.05) is 0 Å². The number of carbonyl (C=O) groups is 1. The van der Waals surface area contributed by atoms with Crippen molar-refractivity contribution in [2.75, 3.05) is 32.2 Å². The van der Waals surface area contributed by atoms with Crippen LogP contribution in [0.4, 0.5) is 5.69 Å². The smallest absolute Gasteiger partial charge is 0.259 e. The van der Waals surface area contributed by atoms with E-state index in [0.29, 0.717) is 30.2 Å². The van der Waals surface area contributed by atoms with Crippen molar-refractivity contribution in [3.8, 4) is 5.75 Å². The van der Waals surface area contributed by atoms with Gasteiger partial charge in [-0.05, 0) is 36.4 Å². The molecule has 0 saturated heterocycles. The van der Waals surface area contributed by atoms with Crippen LogP contribution in [-0.4, -0.2) is 41.2 Å². The number of benzene rings is 2. The van der Waals surface area contributed by atoms with E-state index < -0.39 is 10.0 Å². The number of rotatable bonds is 10. The molecule has 2 rings (SSSR count). The van der Waals surface area contributed by atoms with Gasteiger partial charge in [0.05, 0.1) is 17.1 Å². The second kappa shape index (κ2) is 9.86. The maximum atomic E-state index is 12.5. The minimum atomic E-state index is -3.61. The van der Waals surface area contributed by atoms with Crippen molar-refractivity contribution in [2.24, 2.45) is 0 Å². The molecule has 0 radical (unpaired) electrons. The average molecular weight is 390 g/mol. The lowest BCUT2D eigenvalue weighted by molar-refractivity contribution is 0.101. The number of nitrogens with one attached hydrogen (secondary N) is 2. The highest BCUT2D eigenvalue weighted by atomic mass is 32.2. The topological polar surface area (TPSA) is 93.7 Å². The minimum Gasteiger partial charge on any atom is -0.490 e. The van der Waals surface area contributed by atoms with Crippen LogP contribution in [0.3, 0.4) is 0 Å². The Bertz CT molecular complexity index is 879. The molecule has 2 aromatic rings. The van der Waals surface area contributed by atoms with Crippen LogP contribution in [-0.2, 0) is 14.8 Å². The Morgan fingerprint density at radius 2 is 1.81 bits per heavy atom. The van der Waals surface area contributed by atoms with Gasteiger partial charge in [-0.25, -0.2) is 13.1 Å². The first-order valence-electron chi connectivity index (χ1n) is 8.20. The summed E-state index contributed by atoms with van der Waals surface area (Å²) in [7, 11) is -2.04. The largest absolute Gasteiger partial charge is 0.490 e. The number of hydrogen-bond donors (Lipinski definition) is 2. The SMILES string of the molecule is C=CCNS(=O)(=O)c1ccc(NC(=O)c2ccccc2OCCOC)cc1. The minimum absolute atomic E-state index is 0.102. The highest BCUT2D eigenvalue weighted by Gasteiger charge is 2.15. The number of anilines is 1. The van der Waals surface area contributed by atoms with Crippen LogP contribution in [0.5, 0.6) is 5.75 Å². The molecule has 0 aliphatic rings. The number of hydrogen-bond acceptors (Lipinski definition) is 5. The molecule has 0 fully saturated rings. The maximum absolute atomic E-state index is 12.5. The molecular formula is C19H22N2O5S. The van der Waals surface area contributed by atoms with E-state index in [-0.39, 0.29) is 17.3 Å². The van der Waals surface area contributed by atoms with E-state index >= 15 is 0 Å². The summed E-state index contributed by atoms with van der Waals surface area (Å²) in [4.78, 5) is 12.6. The van der Waals surface area contributed by atoms with E-state index in [4.69, 9.17) is 9.47 Å². The lowest BCUT2D eigenvalue weighted by Crippen LogP contribution is -2.23. The molecule has 8 heteroatoms. The first kappa shape index (κ1) is 20.6. The first-order chi connectivity index (χ1) is 13.0. The van der Waals surface area contributed by atoms with Gasteiger partial charge >= 0.3 is 0 Å². The van der Waals surface area contributed by atoms with E-state index in [2.05, 4.69) is 16.6 Å². The Balaban J connectivity index is 2.09. The fraction of sp³-hybridized carbons (Fsp3) is 0.211. The van der Waals surface area contributed by atoms with Crippen molar-refractivity contribution < 1.29 is 22.7 Å². The van der Waals surface area contributed by atoms with Crippen molar-refractivity contribution in [1.29, 1.82) is 0 Å². The standard InChI is InChI=1S/C19H22N2O5S/c1-3-12-20-27(23,24)16-10-8-15(9-11-16)21-19(22)17-6-4-5-7-18(17)26-14-13-25-2/h3-11,20H,1,12-14H2,2H3,(H,21,22). The summed E-state index contributed by atoms with van der Waals surface area (Å²) in [5, 5.41) is 2.73. The second-order valence-corrected chi connectivity index (χ2v) is 7.22. The number of para-hydroxylation sites is 1. The monoisotopic (exact) mass is 390 g/mol. The maximum Gasteiger partial charge on any atom is 0.259 e. The number of sulfonamides is 1. The van der Waals surface area contributed by atoms with E-state index in [9.17, 15) is 13.2 Å². The van der Waals surface area contributed by atoms with Crippen molar-refractivity contribution in [3.05, 3.63) is 66.7 Å². The molecule has 27 heavy (non-hydrogen) atoms. The highest BCUT2D eigenvalue weighted by molar-refractivity contribution is 7.89. The first-order valence-corrected chi connectivity index (χ1v) is 9.69. The van der Waals surface area contributed by atoms with E-state index in [1.165, 1.54) is 30.3 Å². The van der Waals surface area contributed by atoms with Gasteiger partial charge in [0, 0.05) is 19.3 Å². The zero-order valence-electron chi connectivity index (χ0n) is 15.0. The zero-order valence-corrected chi connectivity index (χ0v) is 15.8. The summed E-state index contributed by atoms with van der Waals surface area (Å²) in [5.41, 5.74) is 0.840. The molecule has 0 spiro atoms. The van der Waals surface area contributed by atoms with Crippen LogP contribution in [0.1, 0.15) is 10.4 Å².